The monoisotopic (exact) mass is 470 g/mol. The number of imidazole rings is 1. The SMILES string of the molecule is C=C1CC(Cl)N=C(N)c2ncn(CCCCOC(=O)NCc3ccc(N4CCCC4)cc3)c21. The van der Waals surface area contributed by atoms with Crippen LogP contribution in [0, 0.1) is 0 Å². The Labute approximate surface area is 199 Å². The van der Waals surface area contributed by atoms with Gasteiger partial charge < -0.3 is 25.3 Å². The second kappa shape index (κ2) is 10.7. The molecule has 1 aromatic heterocycles. The number of benzene rings is 1. The summed E-state index contributed by atoms with van der Waals surface area (Å²) in [5, 5.41) is 2.81. The molecule has 0 radical (unpaired) electrons. The number of aliphatic imine (C=N–C) groups is 1. The number of rotatable bonds is 8. The fraction of sp³-hybridized carbons (Fsp3) is 0.458. The second-order valence-corrected chi connectivity index (χ2v) is 8.95. The number of nitrogens with one attached hydrogen (secondary N) is 1. The molecule has 2 aromatic rings. The summed E-state index contributed by atoms with van der Waals surface area (Å²) < 4.78 is 7.33. The number of nitrogens with zero attached hydrogens (tertiary/aromatic N) is 4. The molecule has 9 heteroatoms. The van der Waals surface area contributed by atoms with E-state index in [1.807, 2.05) is 4.57 Å². The standard InChI is InChI=1S/C24H31ClN6O2/c1-17-14-20(25)29-23(26)21-22(17)31(16-28-21)12-4-5-13-33-24(32)27-15-18-6-8-19(9-7-18)30-10-2-3-11-30/h6-9,16,20H,1-5,10-15H2,(H2,26,29)(H,27,32). The van der Waals surface area contributed by atoms with Crippen LogP contribution in [-0.4, -0.2) is 46.7 Å². The van der Waals surface area contributed by atoms with Crippen LogP contribution in [-0.2, 0) is 17.8 Å². The van der Waals surface area contributed by atoms with Crippen LogP contribution in [0.4, 0.5) is 10.5 Å². The highest BCUT2D eigenvalue weighted by atomic mass is 35.5. The van der Waals surface area contributed by atoms with Crippen molar-refractivity contribution in [3.63, 3.8) is 0 Å². The van der Waals surface area contributed by atoms with Gasteiger partial charge in [0.25, 0.3) is 0 Å². The molecule has 1 unspecified atom stereocenters. The number of halogens is 1. The molecule has 1 aromatic carbocycles. The number of amides is 1. The third-order valence-electron chi connectivity index (χ3n) is 5.98. The van der Waals surface area contributed by atoms with Gasteiger partial charge >= 0.3 is 6.09 Å². The van der Waals surface area contributed by atoms with Crippen molar-refractivity contribution in [1.29, 1.82) is 0 Å². The Kier molecular flexibility index (Phi) is 7.54. The minimum atomic E-state index is -0.421. The average molecular weight is 471 g/mol. The van der Waals surface area contributed by atoms with Gasteiger partial charge in [-0.15, -0.1) is 0 Å². The molecule has 3 N–H and O–H groups in total. The normalized spacial score (nSPS) is 18.0. The van der Waals surface area contributed by atoms with Gasteiger partial charge in [0.2, 0.25) is 0 Å². The number of carbonyl (C=O) groups excluding carboxylic acids is 1. The minimum absolute atomic E-state index is 0.341. The number of amidine groups is 1. The van der Waals surface area contributed by atoms with Gasteiger partial charge in [-0.2, -0.15) is 0 Å². The van der Waals surface area contributed by atoms with Crippen molar-refractivity contribution in [2.75, 3.05) is 24.6 Å². The van der Waals surface area contributed by atoms with Crippen molar-refractivity contribution in [3.05, 3.63) is 54.1 Å². The highest BCUT2D eigenvalue weighted by Gasteiger charge is 2.23. The molecule has 2 aliphatic rings. The van der Waals surface area contributed by atoms with Gasteiger partial charge in [0.05, 0.1) is 18.6 Å². The van der Waals surface area contributed by atoms with Crippen LogP contribution in [0.15, 0.2) is 42.2 Å². The van der Waals surface area contributed by atoms with Crippen LogP contribution in [0.25, 0.3) is 5.57 Å². The zero-order valence-electron chi connectivity index (χ0n) is 18.8. The molecule has 0 spiro atoms. The van der Waals surface area contributed by atoms with Gasteiger partial charge in [-0.25, -0.2) is 14.8 Å². The van der Waals surface area contributed by atoms with Crippen LogP contribution in [0.1, 0.15) is 49.1 Å². The summed E-state index contributed by atoms with van der Waals surface area (Å²) >= 11 is 6.16. The van der Waals surface area contributed by atoms with E-state index < -0.39 is 11.6 Å². The molecule has 0 aliphatic carbocycles. The molecule has 0 saturated carbocycles. The number of alkyl carbamates (subject to hydrolysis) is 1. The van der Waals surface area contributed by atoms with Crippen molar-refractivity contribution in [1.82, 2.24) is 14.9 Å². The average Bonchev–Trinajstić information content (AvgIpc) is 3.46. The minimum Gasteiger partial charge on any atom is -0.450 e. The Morgan fingerprint density at radius 3 is 2.76 bits per heavy atom. The molecule has 1 fully saturated rings. The summed E-state index contributed by atoms with van der Waals surface area (Å²) in [4.78, 5) is 23.0. The van der Waals surface area contributed by atoms with Crippen molar-refractivity contribution >= 4 is 34.8 Å². The van der Waals surface area contributed by atoms with Crippen molar-refractivity contribution < 1.29 is 9.53 Å². The zero-order valence-corrected chi connectivity index (χ0v) is 19.6. The van der Waals surface area contributed by atoms with E-state index in [4.69, 9.17) is 22.1 Å². The van der Waals surface area contributed by atoms with Gasteiger partial charge in [0.1, 0.15) is 17.0 Å². The van der Waals surface area contributed by atoms with Gasteiger partial charge in [-0.1, -0.05) is 30.3 Å². The number of aryl methyl sites for hydroxylation is 1. The van der Waals surface area contributed by atoms with Gasteiger partial charge in [-0.3, -0.25) is 0 Å². The molecule has 4 rings (SSSR count). The number of hydrogen-bond donors (Lipinski definition) is 2. The zero-order chi connectivity index (χ0) is 23.2. The first kappa shape index (κ1) is 23.2. The molecule has 1 amide bonds. The molecule has 2 aliphatic heterocycles. The molecule has 3 heterocycles. The maximum atomic E-state index is 12.0. The lowest BCUT2D eigenvalue weighted by Crippen LogP contribution is -2.24. The molecular weight excluding hydrogens is 440 g/mol. The fourth-order valence-corrected chi connectivity index (χ4v) is 4.53. The largest absolute Gasteiger partial charge is 0.450 e. The Hall–Kier alpha value is -3.00. The topological polar surface area (TPSA) is 97.8 Å². The third-order valence-corrected chi connectivity index (χ3v) is 6.23. The number of alkyl halides is 1. The maximum absolute atomic E-state index is 12.0. The lowest BCUT2D eigenvalue weighted by atomic mass is 10.1. The Morgan fingerprint density at radius 1 is 1.24 bits per heavy atom. The predicted octanol–water partition coefficient (Wildman–Crippen LogP) is 3.88. The van der Waals surface area contributed by atoms with Crippen molar-refractivity contribution in [2.24, 2.45) is 10.7 Å². The number of anilines is 1. The van der Waals surface area contributed by atoms with Crippen molar-refractivity contribution in [2.45, 2.75) is 50.7 Å². The van der Waals surface area contributed by atoms with E-state index in [1.165, 1.54) is 18.5 Å². The van der Waals surface area contributed by atoms with E-state index in [2.05, 4.69) is 51.0 Å². The third kappa shape index (κ3) is 5.87. The summed E-state index contributed by atoms with van der Waals surface area (Å²) in [7, 11) is 0. The number of aromatic nitrogens is 2. The van der Waals surface area contributed by atoms with E-state index in [1.54, 1.807) is 6.33 Å². The van der Waals surface area contributed by atoms with Gasteiger partial charge in [-0.05, 0) is 49.0 Å². The number of hydrogen-bond acceptors (Lipinski definition) is 6. The second-order valence-electron chi connectivity index (χ2n) is 8.45. The number of unbranched alkanes of at least 4 members (excludes halogenated alkanes) is 1. The quantitative estimate of drug-likeness (QED) is 0.346. The molecule has 33 heavy (non-hydrogen) atoms. The van der Waals surface area contributed by atoms with E-state index in [0.717, 1.165) is 49.3 Å². The maximum Gasteiger partial charge on any atom is 0.407 e. The predicted molar refractivity (Wildman–Crippen MR) is 132 cm³/mol. The lowest BCUT2D eigenvalue weighted by molar-refractivity contribution is 0.143. The van der Waals surface area contributed by atoms with Crippen molar-refractivity contribution in [3.8, 4) is 0 Å². The number of ether oxygens (including phenoxy) is 1. The van der Waals surface area contributed by atoms with Crippen LogP contribution >= 0.6 is 11.6 Å². The first-order chi connectivity index (χ1) is 16.0. The Bertz CT molecular complexity index is 1010. The summed E-state index contributed by atoms with van der Waals surface area (Å²) in [6.07, 6.45) is 5.95. The Morgan fingerprint density at radius 2 is 2.00 bits per heavy atom. The first-order valence-electron chi connectivity index (χ1n) is 11.5. The molecule has 176 valence electrons. The fourth-order valence-electron chi connectivity index (χ4n) is 4.24. The van der Waals surface area contributed by atoms with Crippen LogP contribution in [0.2, 0.25) is 0 Å². The molecular formula is C24H31ClN6O2. The number of nitrogens with two attached hydrogens (primary N) is 1. The highest BCUT2D eigenvalue weighted by Crippen LogP contribution is 2.28. The van der Waals surface area contributed by atoms with E-state index >= 15 is 0 Å². The molecule has 1 atom stereocenters. The summed E-state index contributed by atoms with van der Waals surface area (Å²) in [6, 6.07) is 8.34. The molecule has 0 bridgehead atoms. The number of carbonyl (C=O) groups is 1. The van der Waals surface area contributed by atoms with E-state index in [-0.39, 0.29) is 0 Å². The first-order valence-corrected chi connectivity index (χ1v) is 11.9. The van der Waals surface area contributed by atoms with Crippen LogP contribution in [0.5, 0.6) is 0 Å². The summed E-state index contributed by atoms with van der Waals surface area (Å²) in [6.45, 7) is 7.88. The molecule has 8 nitrogen and oxygen atoms in total. The smallest absolute Gasteiger partial charge is 0.407 e. The molecule has 1 saturated heterocycles. The van der Waals surface area contributed by atoms with Gasteiger partial charge in [0, 0.05) is 38.3 Å². The summed E-state index contributed by atoms with van der Waals surface area (Å²) in [5.74, 6) is 0.341. The number of fused-ring (bicyclic) bond motifs is 1. The van der Waals surface area contributed by atoms with Gasteiger partial charge in [0.15, 0.2) is 0 Å². The van der Waals surface area contributed by atoms with E-state index in [0.29, 0.717) is 31.1 Å². The lowest BCUT2D eigenvalue weighted by Gasteiger charge is -2.17. The van der Waals surface area contributed by atoms with E-state index in [9.17, 15) is 4.79 Å². The summed E-state index contributed by atoms with van der Waals surface area (Å²) in [5.41, 5.74) is 10.3. The Balaban J connectivity index is 1.16. The highest BCUT2D eigenvalue weighted by molar-refractivity contribution is 6.22. The van der Waals surface area contributed by atoms with Crippen LogP contribution in [0.3, 0.4) is 0 Å². The van der Waals surface area contributed by atoms with Crippen LogP contribution < -0.4 is 16.0 Å².